The maximum absolute atomic E-state index is 6.39. The third kappa shape index (κ3) is 2.92. The van der Waals surface area contributed by atoms with E-state index in [4.69, 9.17) is 10.8 Å². The number of benzene rings is 2. The molecule has 0 atom stereocenters. The Hall–Kier alpha value is -2.07. The third-order valence-corrected chi connectivity index (χ3v) is 4.24. The van der Waals surface area contributed by atoms with Crippen molar-refractivity contribution in [3.05, 3.63) is 70.3 Å². The van der Waals surface area contributed by atoms with E-state index in [0.717, 1.165) is 33.5 Å². The Kier molecular flexibility index (Phi) is 4.29. The number of hydrogen-bond acceptors (Lipinski definition) is 2. The number of anilines is 1. The molecule has 2 N–H and O–H groups in total. The van der Waals surface area contributed by atoms with E-state index in [1.165, 1.54) is 5.56 Å². The van der Waals surface area contributed by atoms with Crippen LogP contribution < -0.4 is 5.73 Å². The molecule has 3 nitrogen and oxygen atoms in total. The first-order valence-electron chi connectivity index (χ1n) is 7.34. The fourth-order valence-corrected chi connectivity index (χ4v) is 2.85. The molecule has 0 radical (unpaired) electrons. The molecule has 0 saturated heterocycles. The summed E-state index contributed by atoms with van der Waals surface area (Å²) in [5, 5.41) is 4.70. The van der Waals surface area contributed by atoms with E-state index in [-0.39, 0.29) is 0 Å². The van der Waals surface area contributed by atoms with E-state index in [2.05, 4.69) is 47.1 Å². The van der Waals surface area contributed by atoms with Gasteiger partial charge in [0.2, 0.25) is 0 Å². The van der Waals surface area contributed by atoms with Gasteiger partial charge in [0.15, 0.2) is 0 Å². The van der Waals surface area contributed by atoms with Gasteiger partial charge in [-0.15, -0.1) is 0 Å². The molecule has 112 valence electrons. The molecule has 2 aromatic carbocycles. The summed E-state index contributed by atoms with van der Waals surface area (Å²) >= 11 is 3.47. The van der Waals surface area contributed by atoms with Gasteiger partial charge in [-0.05, 0) is 29.7 Å². The molecule has 0 unspecified atom stereocenters. The lowest BCUT2D eigenvalue weighted by Gasteiger charge is -2.06. The van der Waals surface area contributed by atoms with Crippen molar-refractivity contribution in [1.29, 1.82) is 0 Å². The second kappa shape index (κ2) is 6.36. The van der Waals surface area contributed by atoms with Crippen LogP contribution in [0.5, 0.6) is 0 Å². The Bertz CT molecular complexity index is 761. The second-order valence-electron chi connectivity index (χ2n) is 5.21. The minimum Gasteiger partial charge on any atom is -0.383 e. The first kappa shape index (κ1) is 14.9. The quantitative estimate of drug-likeness (QED) is 0.748. The molecule has 3 rings (SSSR count). The average Bonchev–Trinajstić information content (AvgIpc) is 2.85. The van der Waals surface area contributed by atoms with E-state index in [0.29, 0.717) is 6.54 Å². The topological polar surface area (TPSA) is 43.8 Å². The Balaban J connectivity index is 2.02. The Morgan fingerprint density at radius 2 is 1.73 bits per heavy atom. The summed E-state index contributed by atoms with van der Waals surface area (Å²) in [6, 6.07) is 18.5. The fourth-order valence-electron chi connectivity index (χ4n) is 2.58. The standard InChI is InChI=1S/C18H18BrN3/c1-2-16-17(14-8-10-15(19)11-9-14)18(20)22(21-16)12-13-6-4-3-5-7-13/h3-11H,2,12,20H2,1H3. The number of hydrogen-bond donors (Lipinski definition) is 1. The molecular weight excluding hydrogens is 338 g/mol. The number of aromatic nitrogens is 2. The summed E-state index contributed by atoms with van der Waals surface area (Å²) in [7, 11) is 0. The molecule has 0 aliphatic rings. The molecule has 3 aromatic rings. The maximum Gasteiger partial charge on any atom is 0.130 e. The van der Waals surface area contributed by atoms with Gasteiger partial charge in [0, 0.05) is 10.0 Å². The van der Waals surface area contributed by atoms with Crippen LogP contribution in [0.3, 0.4) is 0 Å². The summed E-state index contributed by atoms with van der Waals surface area (Å²) in [6.45, 7) is 2.80. The first-order valence-corrected chi connectivity index (χ1v) is 8.13. The largest absolute Gasteiger partial charge is 0.383 e. The van der Waals surface area contributed by atoms with Crippen molar-refractivity contribution in [2.24, 2.45) is 0 Å². The molecule has 1 aromatic heterocycles. The van der Waals surface area contributed by atoms with Crippen LogP contribution in [0.15, 0.2) is 59.1 Å². The number of nitrogens with two attached hydrogens (primary N) is 1. The predicted octanol–water partition coefficient (Wildman–Crippen LogP) is 4.51. The summed E-state index contributed by atoms with van der Waals surface area (Å²) in [4.78, 5) is 0. The molecule has 1 heterocycles. The van der Waals surface area contributed by atoms with Gasteiger partial charge < -0.3 is 5.73 Å². The highest BCUT2D eigenvalue weighted by atomic mass is 79.9. The van der Waals surface area contributed by atoms with Crippen molar-refractivity contribution in [2.45, 2.75) is 19.9 Å². The highest BCUT2D eigenvalue weighted by Gasteiger charge is 2.16. The van der Waals surface area contributed by atoms with Gasteiger partial charge in [0.05, 0.1) is 12.2 Å². The number of halogens is 1. The zero-order valence-corrected chi connectivity index (χ0v) is 14.0. The summed E-state index contributed by atoms with van der Waals surface area (Å²) in [5.74, 6) is 0.725. The zero-order valence-electron chi connectivity index (χ0n) is 12.5. The molecule has 0 spiro atoms. The molecule has 0 saturated carbocycles. The van der Waals surface area contributed by atoms with Crippen LogP contribution in [0.25, 0.3) is 11.1 Å². The molecule has 0 amide bonds. The molecular formula is C18H18BrN3. The van der Waals surface area contributed by atoms with Crippen molar-refractivity contribution < 1.29 is 0 Å². The lowest BCUT2D eigenvalue weighted by Crippen LogP contribution is -2.06. The van der Waals surface area contributed by atoms with Gasteiger partial charge in [-0.3, -0.25) is 0 Å². The number of aryl methyl sites for hydroxylation is 1. The van der Waals surface area contributed by atoms with Crippen LogP contribution in [0.2, 0.25) is 0 Å². The summed E-state index contributed by atoms with van der Waals surface area (Å²) in [5.41, 5.74) is 10.8. The highest BCUT2D eigenvalue weighted by molar-refractivity contribution is 9.10. The Morgan fingerprint density at radius 3 is 2.36 bits per heavy atom. The number of nitrogen functional groups attached to an aromatic ring is 1. The maximum atomic E-state index is 6.39. The normalized spacial score (nSPS) is 10.8. The van der Waals surface area contributed by atoms with Crippen LogP contribution >= 0.6 is 15.9 Å². The average molecular weight is 356 g/mol. The van der Waals surface area contributed by atoms with E-state index < -0.39 is 0 Å². The molecule has 4 heteroatoms. The van der Waals surface area contributed by atoms with Crippen molar-refractivity contribution >= 4 is 21.7 Å². The summed E-state index contributed by atoms with van der Waals surface area (Å²) < 4.78 is 2.95. The fraction of sp³-hybridized carbons (Fsp3) is 0.167. The minimum atomic E-state index is 0.691. The van der Waals surface area contributed by atoms with Gasteiger partial charge in [-0.1, -0.05) is 65.3 Å². The van der Waals surface area contributed by atoms with Crippen LogP contribution in [0.1, 0.15) is 18.2 Å². The van der Waals surface area contributed by atoms with Crippen molar-refractivity contribution in [3.8, 4) is 11.1 Å². The molecule has 0 aliphatic heterocycles. The van der Waals surface area contributed by atoms with Crippen LogP contribution in [-0.4, -0.2) is 9.78 Å². The third-order valence-electron chi connectivity index (χ3n) is 3.71. The van der Waals surface area contributed by atoms with Gasteiger partial charge in [-0.25, -0.2) is 4.68 Å². The Labute approximate surface area is 138 Å². The van der Waals surface area contributed by atoms with Crippen LogP contribution in [0, 0.1) is 0 Å². The summed E-state index contributed by atoms with van der Waals surface area (Å²) in [6.07, 6.45) is 0.859. The smallest absolute Gasteiger partial charge is 0.130 e. The lowest BCUT2D eigenvalue weighted by molar-refractivity contribution is 0.683. The molecule has 0 bridgehead atoms. The van der Waals surface area contributed by atoms with Crippen molar-refractivity contribution in [1.82, 2.24) is 9.78 Å². The van der Waals surface area contributed by atoms with Crippen molar-refractivity contribution in [3.63, 3.8) is 0 Å². The van der Waals surface area contributed by atoms with Crippen LogP contribution in [-0.2, 0) is 13.0 Å². The predicted molar refractivity (Wildman–Crippen MR) is 94.7 cm³/mol. The number of nitrogens with zero attached hydrogens (tertiary/aromatic N) is 2. The van der Waals surface area contributed by atoms with E-state index in [1.54, 1.807) is 0 Å². The monoisotopic (exact) mass is 355 g/mol. The van der Waals surface area contributed by atoms with Gasteiger partial charge >= 0.3 is 0 Å². The molecule has 0 aliphatic carbocycles. The minimum absolute atomic E-state index is 0.691. The van der Waals surface area contributed by atoms with Gasteiger partial charge in [0.25, 0.3) is 0 Å². The highest BCUT2D eigenvalue weighted by Crippen LogP contribution is 2.31. The molecule has 0 fully saturated rings. The molecule has 22 heavy (non-hydrogen) atoms. The zero-order chi connectivity index (χ0) is 15.5. The SMILES string of the molecule is CCc1nn(Cc2ccccc2)c(N)c1-c1ccc(Br)cc1. The second-order valence-corrected chi connectivity index (χ2v) is 6.13. The van der Waals surface area contributed by atoms with E-state index >= 15 is 0 Å². The van der Waals surface area contributed by atoms with Crippen molar-refractivity contribution in [2.75, 3.05) is 5.73 Å². The van der Waals surface area contributed by atoms with E-state index in [1.807, 2.05) is 35.0 Å². The Morgan fingerprint density at radius 1 is 1.05 bits per heavy atom. The van der Waals surface area contributed by atoms with Gasteiger partial charge in [-0.2, -0.15) is 5.10 Å². The number of rotatable bonds is 4. The van der Waals surface area contributed by atoms with E-state index in [9.17, 15) is 0 Å². The van der Waals surface area contributed by atoms with Crippen LogP contribution in [0.4, 0.5) is 5.82 Å². The van der Waals surface area contributed by atoms with Gasteiger partial charge in [0.1, 0.15) is 5.82 Å². The first-order chi connectivity index (χ1) is 10.7. The lowest BCUT2D eigenvalue weighted by atomic mass is 10.0.